The lowest BCUT2D eigenvalue weighted by molar-refractivity contribution is -0.122. The lowest BCUT2D eigenvalue weighted by atomic mass is 10.2. The average molecular weight is 442 g/mol. The molecule has 0 atom stereocenters. The van der Waals surface area contributed by atoms with Gasteiger partial charge in [0.15, 0.2) is 0 Å². The zero-order valence-corrected chi connectivity index (χ0v) is 18.4. The van der Waals surface area contributed by atoms with Crippen LogP contribution in [0, 0.1) is 0 Å². The normalized spacial score (nSPS) is 14.2. The van der Waals surface area contributed by atoms with Gasteiger partial charge in [0.1, 0.15) is 5.82 Å². The van der Waals surface area contributed by atoms with Crippen molar-refractivity contribution in [2.75, 3.05) is 63.6 Å². The molecule has 10 nitrogen and oxygen atoms in total. The number of rotatable bonds is 10. The third-order valence-electron chi connectivity index (χ3n) is 5.22. The second-order valence-electron chi connectivity index (χ2n) is 7.60. The summed E-state index contributed by atoms with van der Waals surface area (Å²) in [6.45, 7) is 4.81. The number of hydrogen-bond acceptors (Lipinski definition) is 8. The number of carbonyl (C=O) groups is 2. The summed E-state index contributed by atoms with van der Waals surface area (Å²) in [5, 5.41) is 5.74. The molecule has 1 saturated heterocycles. The van der Waals surface area contributed by atoms with Crippen molar-refractivity contribution in [1.29, 1.82) is 0 Å². The van der Waals surface area contributed by atoms with Gasteiger partial charge in [-0.15, -0.1) is 0 Å². The molecule has 0 bridgehead atoms. The van der Waals surface area contributed by atoms with Crippen molar-refractivity contribution in [3.63, 3.8) is 0 Å². The predicted octanol–water partition coefficient (Wildman–Crippen LogP) is 0.264. The molecule has 3 rings (SSSR count). The summed E-state index contributed by atoms with van der Waals surface area (Å²) in [5.74, 6) is 0.351. The van der Waals surface area contributed by atoms with Crippen LogP contribution in [0.2, 0.25) is 0 Å². The van der Waals surface area contributed by atoms with E-state index in [1.54, 1.807) is 7.11 Å². The summed E-state index contributed by atoms with van der Waals surface area (Å²) in [5.41, 5.74) is 7.30. The molecule has 1 aliphatic heterocycles. The number of nitrogen functional groups attached to an aromatic ring is 1. The van der Waals surface area contributed by atoms with Crippen LogP contribution in [0.25, 0.3) is 0 Å². The Bertz CT molecular complexity index is 886. The van der Waals surface area contributed by atoms with Gasteiger partial charge in [0.25, 0.3) is 5.91 Å². The van der Waals surface area contributed by atoms with E-state index in [1.807, 2.05) is 35.2 Å². The number of amides is 2. The zero-order chi connectivity index (χ0) is 22.8. The Morgan fingerprint density at radius 1 is 1.12 bits per heavy atom. The maximum Gasteiger partial charge on any atom is 0.256 e. The minimum Gasteiger partial charge on any atom is -0.385 e. The van der Waals surface area contributed by atoms with Crippen LogP contribution in [-0.2, 0) is 16.1 Å². The summed E-state index contributed by atoms with van der Waals surface area (Å²) in [6, 6.07) is 9.64. The van der Waals surface area contributed by atoms with Gasteiger partial charge in [-0.05, 0) is 12.0 Å². The molecule has 1 fully saturated rings. The van der Waals surface area contributed by atoms with Crippen molar-refractivity contribution in [3.8, 4) is 0 Å². The Hall–Kier alpha value is -3.24. The van der Waals surface area contributed by atoms with Gasteiger partial charge in [0.2, 0.25) is 11.9 Å². The van der Waals surface area contributed by atoms with Crippen LogP contribution in [0.1, 0.15) is 22.3 Å². The molecule has 0 radical (unpaired) electrons. The smallest absolute Gasteiger partial charge is 0.256 e. The van der Waals surface area contributed by atoms with Crippen molar-refractivity contribution in [3.05, 3.63) is 47.7 Å². The van der Waals surface area contributed by atoms with Crippen LogP contribution < -0.4 is 21.3 Å². The lowest BCUT2D eigenvalue weighted by Gasteiger charge is -2.34. The van der Waals surface area contributed by atoms with Crippen LogP contribution >= 0.6 is 0 Å². The first-order valence-corrected chi connectivity index (χ1v) is 10.7. The lowest BCUT2D eigenvalue weighted by Crippen LogP contribution is -2.50. The molecule has 2 aromatic rings. The fraction of sp³-hybridized carbons (Fsp3) is 0.455. The van der Waals surface area contributed by atoms with E-state index < -0.39 is 0 Å². The molecule has 0 spiro atoms. The Morgan fingerprint density at radius 3 is 2.56 bits per heavy atom. The van der Waals surface area contributed by atoms with E-state index in [4.69, 9.17) is 10.5 Å². The highest BCUT2D eigenvalue weighted by molar-refractivity contribution is 5.98. The quantitative estimate of drug-likeness (QED) is 0.449. The number of ether oxygens (including phenoxy) is 1. The molecular weight excluding hydrogens is 410 g/mol. The third kappa shape index (κ3) is 6.89. The summed E-state index contributed by atoms with van der Waals surface area (Å²) < 4.78 is 4.98. The highest BCUT2D eigenvalue weighted by Gasteiger charge is 2.22. The highest BCUT2D eigenvalue weighted by atomic mass is 16.5. The zero-order valence-electron chi connectivity index (χ0n) is 18.4. The Labute approximate surface area is 188 Å². The second kappa shape index (κ2) is 12.0. The number of nitrogens with one attached hydrogen (secondary N) is 2. The van der Waals surface area contributed by atoms with E-state index in [0.717, 1.165) is 12.0 Å². The topological polar surface area (TPSA) is 126 Å². The SMILES string of the molecule is COCCCNC(=O)CN1CCN(c2ncc(C(=O)NCc3ccccc3)c(N)n2)CC1. The summed E-state index contributed by atoms with van der Waals surface area (Å²) in [4.78, 5) is 37.3. The number of anilines is 2. The Balaban J connectivity index is 1.46. The van der Waals surface area contributed by atoms with Crippen molar-refractivity contribution >= 4 is 23.6 Å². The van der Waals surface area contributed by atoms with Crippen LogP contribution in [0.15, 0.2) is 36.5 Å². The minimum atomic E-state index is -0.306. The van der Waals surface area contributed by atoms with Crippen molar-refractivity contribution in [2.45, 2.75) is 13.0 Å². The summed E-state index contributed by atoms with van der Waals surface area (Å²) in [6.07, 6.45) is 2.27. The number of methoxy groups -OCH3 is 1. The van der Waals surface area contributed by atoms with E-state index in [1.165, 1.54) is 6.20 Å². The molecule has 1 aromatic carbocycles. The first-order valence-electron chi connectivity index (χ1n) is 10.7. The average Bonchev–Trinajstić information content (AvgIpc) is 2.81. The van der Waals surface area contributed by atoms with Gasteiger partial charge in [0.05, 0.1) is 12.1 Å². The first kappa shape index (κ1) is 23.4. The second-order valence-corrected chi connectivity index (χ2v) is 7.60. The van der Waals surface area contributed by atoms with Crippen molar-refractivity contribution in [2.24, 2.45) is 0 Å². The van der Waals surface area contributed by atoms with Crippen LogP contribution in [0.4, 0.5) is 11.8 Å². The van der Waals surface area contributed by atoms with Gasteiger partial charge < -0.3 is 26.0 Å². The molecule has 32 heavy (non-hydrogen) atoms. The minimum absolute atomic E-state index is 0.0147. The van der Waals surface area contributed by atoms with Gasteiger partial charge in [-0.2, -0.15) is 4.98 Å². The fourth-order valence-corrected chi connectivity index (χ4v) is 3.40. The summed E-state index contributed by atoms with van der Waals surface area (Å²) >= 11 is 0. The van der Waals surface area contributed by atoms with Crippen LogP contribution in [0.3, 0.4) is 0 Å². The molecule has 2 amide bonds. The van der Waals surface area contributed by atoms with E-state index in [9.17, 15) is 9.59 Å². The van der Waals surface area contributed by atoms with Crippen LogP contribution in [-0.4, -0.2) is 79.7 Å². The number of nitrogens with zero attached hydrogens (tertiary/aromatic N) is 4. The number of nitrogens with two attached hydrogens (primary N) is 1. The van der Waals surface area contributed by atoms with Gasteiger partial charge in [0, 0.05) is 59.2 Å². The number of aromatic nitrogens is 2. The number of hydrogen-bond donors (Lipinski definition) is 3. The molecule has 2 heterocycles. The van der Waals surface area contributed by atoms with Crippen molar-refractivity contribution in [1.82, 2.24) is 25.5 Å². The fourth-order valence-electron chi connectivity index (χ4n) is 3.40. The molecule has 4 N–H and O–H groups in total. The largest absolute Gasteiger partial charge is 0.385 e. The van der Waals surface area contributed by atoms with Gasteiger partial charge in [-0.3, -0.25) is 14.5 Å². The molecule has 10 heteroatoms. The number of carbonyl (C=O) groups excluding carboxylic acids is 2. The van der Waals surface area contributed by atoms with Gasteiger partial charge >= 0.3 is 0 Å². The monoisotopic (exact) mass is 441 g/mol. The Kier molecular flexibility index (Phi) is 8.76. The molecular formula is C22H31N7O3. The summed E-state index contributed by atoms with van der Waals surface area (Å²) in [7, 11) is 1.65. The van der Waals surface area contributed by atoms with E-state index in [2.05, 4.69) is 25.5 Å². The predicted molar refractivity (Wildman–Crippen MR) is 122 cm³/mol. The van der Waals surface area contributed by atoms with Crippen LogP contribution in [0.5, 0.6) is 0 Å². The maximum atomic E-state index is 12.4. The van der Waals surface area contributed by atoms with E-state index in [0.29, 0.717) is 58.4 Å². The molecule has 0 saturated carbocycles. The third-order valence-corrected chi connectivity index (χ3v) is 5.22. The maximum absolute atomic E-state index is 12.4. The molecule has 172 valence electrons. The van der Waals surface area contributed by atoms with E-state index in [-0.39, 0.29) is 23.2 Å². The van der Waals surface area contributed by atoms with Gasteiger partial charge in [-0.1, -0.05) is 30.3 Å². The molecule has 1 aromatic heterocycles. The number of benzene rings is 1. The van der Waals surface area contributed by atoms with Gasteiger partial charge in [-0.25, -0.2) is 4.98 Å². The highest BCUT2D eigenvalue weighted by Crippen LogP contribution is 2.16. The molecule has 1 aliphatic rings. The number of piperazine rings is 1. The molecule has 0 unspecified atom stereocenters. The standard InChI is InChI=1S/C22H31N7O3/c1-32-13-5-8-24-19(30)16-28-9-11-29(12-10-28)22-26-15-18(20(23)27-22)21(31)25-14-17-6-3-2-4-7-17/h2-4,6-7,15H,5,8-14,16H2,1H3,(H,24,30)(H,25,31)(H2,23,26,27). The molecule has 0 aliphatic carbocycles. The van der Waals surface area contributed by atoms with E-state index >= 15 is 0 Å². The Morgan fingerprint density at radius 2 is 1.88 bits per heavy atom. The van der Waals surface area contributed by atoms with Crippen molar-refractivity contribution < 1.29 is 14.3 Å². The first-order chi connectivity index (χ1) is 15.6.